The van der Waals surface area contributed by atoms with Crippen molar-refractivity contribution in [2.24, 2.45) is 0 Å². The molecule has 0 atom stereocenters. The molecule has 0 saturated heterocycles. The second-order valence-corrected chi connectivity index (χ2v) is 3.09. The van der Waals surface area contributed by atoms with Crippen molar-refractivity contribution in [3.8, 4) is 0 Å². The first-order chi connectivity index (χ1) is 6.86. The Morgan fingerprint density at radius 2 is 2.20 bits per heavy atom. The molecule has 0 spiro atoms. The number of benzene rings is 1. The summed E-state index contributed by atoms with van der Waals surface area (Å²) in [5, 5.41) is 1.87. The summed E-state index contributed by atoms with van der Waals surface area (Å²) in [7, 11) is 0. The Kier molecular flexibility index (Phi) is 2.55. The van der Waals surface area contributed by atoms with Crippen LogP contribution in [0.15, 0.2) is 36.7 Å². The van der Waals surface area contributed by atoms with Crippen molar-refractivity contribution < 1.29 is 24.5 Å². The summed E-state index contributed by atoms with van der Waals surface area (Å²) >= 11 is 0. The van der Waals surface area contributed by atoms with Crippen LogP contribution in [-0.4, -0.2) is 9.38 Å². The molecule has 0 aliphatic carbocycles. The van der Waals surface area contributed by atoms with E-state index in [9.17, 15) is 4.39 Å². The third kappa shape index (κ3) is 1.46. The monoisotopic (exact) mass is 378 g/mol. The van der Waals surface area contributed by atoms with Gasteiger partial charge in [0.15, 0.2) is 0 Å². The van der Waals surface area contributed by atoms with E-state index in [1.807, 2.05) is 18.2 Å². The Morgan fingerprint density at radius 3 is 3.07 bits per heavy atom. The Balaban J connectivity index is 0.000000853. The Morgan fingerprint density at radius 1 is 1.33 bits per heavy atom. The first-order valence-corrected chi connectivity index (χ1v) is 4.28. The molecular formula is C11H6FIrN2-. The van der Waals surface area contributed by atoms with E-state index in [1.165, 1.54) is 10.6 Å². The van der Waals surface area contributed by atoms with Gasteiger partial charge in [0.1, 0.15) is 0 Å². The Labute approximate surface area is 99.1 Å². The summed E-state index contributed by atoms with van der Waals surface area (Å²) in [4.78, 5) is 4.00. The van der Waals surface area contributed by atoms with E-state index >= 15 is 0 Å². The van der Waals surface area contributed by atoms with Crippen LogP contribution in [0, 0.1) is 12.0 Å². The largest absolute Gasteiger partial charge is 0.317 e. The molecular weight excluding hydrogens is 371 g/mol. The molecule has 0 saturated carbocycles. The third-order valence-electron chi connectivity index (χ3n) is 2.27. The van der Waals surface area contributed by atoms with E-state index < -0.39 is 0 Å². The molecule has 2 heterocycles. The maximum Gasteiger partial charge on any atom is 0.208 e. The predicted octanol–water partition coefficient (Wildman–Crippen LogP) is 2.42. The molecule has 2 aromatic heterocycles. The summed E-state index contributed by atoms with van der Waals surface area (Å²) in [6.45, 7) is 0. The average molecular weight is 377 g/mol. The summed E-state index contributed by atoms with van der Waals surface area (Å²) in [6.07, 6.45) is 2.89. The van der Waals surface area contributed by atoms with Crippen LogP contribution >= 0.6 is 0 Å². The Hall–Kier alpha value is -1.25. The van der Waals surface area contributed by atoms with Gasteiger partial charge in [-0.1, -0.05) is 6.07 Å². The number of halogens is 1. The molecule has 1 aromatic carbocycles. The molecule has 0 amide bonds. The predicted molar refractivity (Wildman–Crippen MR) is 51.5 cm³/mol. The van der Waals surface area contributed by atoms with Crippen molar-refractivity contribution in [2.45, 2.75) is 0 Å². The minimum atomic E-state index is -0.348. The number of nitrogens with zero attached hydrogens (tertiary/aromatic N) is 2. The van der Waals surface area contributed by atoms with Gasteiger partial charge in [-0.25, -0.2) is 0 Å². The van der Waals surface area contributed by atoms with Crippen molar-refractivity contribution in [1.29, 1.82) is 0 Å². The summed E-state index contributed by atoms with van der Waals surface area (Å²) < 4.78 is 14.6. The number of rotatable bonds is 0. The van der Waals surface area contributed by atoms with E-state index in [0.717, 1.165) is 10.8 Å². The van der Waals surface area contributed by atoms with Crippen LogP contribution in [0.1, 0.15) is 0 Å². The molecule has 0 aliphatic rings. The SMILES string of the molecule is Fc1cnc2c3[c-]cccc3ccn12.[Ir]. The number of fused-ring (bicyclic) bond motifs is 3. The third-order valence-corrected chi connectivity index (χ3v) is 2.27. The quantitative estimate of drug-likeness (QED) is 0.550. The van der Waals surface area contributed by atoms with Crippen molar-refractivity contribution in [1.82, 2.24) is 9.38 Å². The smallest absolute Gasteiger partial charge is 0.208 e. The molecule has 0 unspecified atom stereocenters. The number of imidazole rings is 1. The van der Waals surface area contributed by atoms with Gasteiger partial charge in [-0.05, 0) is 6.20 Å². The summed E-state index contributed by atoms with van der Waals surface area (Å²) in [6, 6.07) is 10.6. The van der Waals surface area contributed by atoms with Crippen LogP contribution in [0.25, 0.3) is 16.4 Å². The second-order valence-electron chi connectivity index (χ2n) is 3.09. The maximum absolute atomic E-state index is 13.2. The first-order valence-electron chi connectivity index (χ1n) is 4.28. The fourth-order valence-electron chi connectivity index (χ4n) is 1.60. The van der Waals surface area contributed by atoms with Crippen LogP contribution in [0.5, 0.6) is 0 Å². The number of aromatic nitrogens is 2. The molecule has 3 aromatic rings. The zero-order chi connectivity index (χ0) is 9.54. The minimum Gasteiger partial charge on any atom is -0.317 e. The molecule has 1 radical (unpaired) electrons. The topological polar surface area (TPSA) is 17.3 Å². The van der Waals surface area contributed by atoms with Crippen LogP contribution in [-0.2, 0) is 20.1 Å². The normalized spacial score (nSPS) is 10.5. The van der Waals surface area contributed by atoms with Gasteiger partial charge in [0.2, 0.25) is 5.95 Å². The molecule has 2 nitrogen and oxygen atoms in total. The molecule has 0 aliphatic heterocycles. The van der Waals surface area contributed by atoms with E-state index in [-0.39, 0.29) is 26.1 Å². The number of hydrogen-bond acceptors (Lipinski definition) is 1. The molecule has 4 heteroatoms. The van der Waals surface area contributed by atoms with Crippen LogP contribution in [0.2, 0.25) is 0 Å². The van der Waals surface area contributed by atoms with Crippen molar-refractivity contribution >= 4 is 16.4 Å². The second kappa shape index (κ2) is 3.72. The van der Waals surface area contributed by atoms with Gasteiger partial charge >= 0.3 is 0 Å². The molecule has 0 fully saturated rings. The average Bonchev–Trinajstić information content (AvgIpc) is 2.61. The first kappa shape index (κ1) is 10.3. The zero-order valence-electron chi connectivity index (χ0n) is 7.57. The van der Waals surface area contributed by atoms with Gasteiger partial charge < -0.3 is 4.40 Å². The van der Waals surface area contributed by atoms with Gasteiger partial charge in [0.05, 0.1) is 11.8 Å². The summed E-state index contributed by atoms with van der Waals surface area (Å²) in [5.74, 6) is -0.348. The number of pyridine rings is 1. The molecule has 15 heavy (non-hydrogen) atoms. The fourth-order valence-corrected chi connectivity index (χ4v) is 1.60. The van der Waals surface area contributed by atoms with Gasteiger partial charge in [0.25, 0.3) is 0 Å². The Bertz CT molecular complexity index is 618. The van der Waals surface area contributed by atoms with Gasteiger partial charge in [-0.15, -0.1) is 35.0 Å². The number of hydrogen-bond donors (Lipinski definition) is 0. The van der Waals surface area contributed by atoms with Crippen molar-refractivity contribution in [3.05, 3.63) is 48.7 Å². The van der Waals surface area contributed by atoms with Gasteiger partial charge in [-0.2, -0.15) is 4.39 Å². The standard InChI is InChI=1S/C11H6FN2.Ir/c12-10-7-13-11-9-4-2-1-3-8(9)5-6-14(10)11;/h1-3,5-7H;/q-1;. The molecule has 77 valence electrons. The van der Waals surface area contributed by atoms with Crippen molar-refractivity contribution in [2.75, 3.05) is 0 Å². The maximum atomic E-state index is 13.2. The van der Waals surface area contributed by atoms with E-state index in [2.05, 4.69) is 11.1 Å². The van der Waals surface area contributed by atoms with Crippen LogP contribution in [0.3, 0.4) is 0 Å². The van der Waals surface area contributed by atoms with Crippen molar-refractivity contribution in [3.63, 3.8) is 0 Å². The fraction of sp³-hybridized carbons (Fsp3) is 0. The molecule has 0 bridgehead atoms. The zero-order valence-corrected chi connectivity index (χ0v) is 9.96. The molecule has 0 N–H and O–H groups in total. The molecule has 3 rings (SSSR count). The van der Waals surface area contributed by atoms with Crippen LogP contribution in [0.4, 0.5) is 4.39 Å². The van der Waals surface area contributed by atoms with E-state index in [1.54, 1.807) is 12.3 Å². The van der Waals surface area contributed by atoms with E-state index in [0.29, 0.717) is 5.65 Å². The van der Waals surface area contributed by atoms with E-state index in [4.69, 9.17) is 0 Å². The van der Waals surface area contributed by atoms with Gasteiger partial charge in [0, 0.05) is 20.1 Å². The minimum absolute atomic E-state index is 0. The van der Waals surface area contributed by atoms with Crippen LogP contribution < -0.4 is 0 Å². The van der Waals surface area contributed by atoms with Gasteiger partial charge in [-0.3, -0.25) is 4.98 Å². The summed E-state index contributed by atoms with van der Waals surface area (Å²) in [5.41, 5.74) is 0.612.